The van der Waals surface area contributed by atoms with Crippen molar-refractivity contribution in [3.8, 4) is 16.3 Å². The Labute approximate surface area is 160 Å². The lowest BCUT2D eigenvalue weighted by molar-refractivity contribution is -0.384. The van der Waals surface area contributed by atoms with Gasteiger partial charge in [0.1, 0.15) is 0 Å². The van der Waals surface area contributed by atoms with E-state index in [0.717, 1.165) is 10.2 Å². The Hall–Kier alpha value is -3.85. The summed E-state index contributed by atoms with van der Waals surface area (Å²) < 4.78 is 2.33. The third-order valence-electron chi connectivity index (χ3n) is 4.43. The molecule has 0 bridgehead atoms. The minimum Gasteiger partial charge on any atom is -0.271 e. The minimum atomic E-state index is -0.460. The van der Waals surface area contributed by atoms with E-state index in [1.165, 1.54) is 28.2 Å². The number of benzene rings is 2. The molecule has 0 unspecified atom stereocenters. The van der Waals surface area contributed by atoms with Gasteiger partial charge in [-0.05, 0) is 23.8 Å². The maximum absolute atomic E-state index is 13.1. The number of nitro benzene ring substituents is 1. The van der Waals surface area contributed by atoms with Crippen LogP contribution in [0.3, 0.4) is 0 Å². The topological polar surface area (TPSA) is 107 Å². The molecule has 0 saturated carbocycles. The average molecular weight is 389 g/mol. The number of para-hydroxylation sites is 1. The largest absolute Gasteiger partial charge is 0.283 e. The standard InChI is InChI=1S/C19H11N5O3S/c25-18-16-13(11-4-3-5-12(10-11)24(26)27)8-9-20-17(16)22-23(18)19-21-14-6-1-2-7-15(14)28-19/h1-10H,(H,20,22). The zero-order valence-electron chi connectivity index (χ0n) is 14.2. The van der Waals surface area contributed by atoms with Gasteiger partial charge in [0.25, 0.3) is 11.2 Å². The highest BCUT2D eigenvalue weighted by atomic mass is 32.1. The van der Waals surface area contributed by atoms with Crippen LogP contribution >= 0.6 is 11.3 Å². The molecule has 8 nitrogen and oxygen atoms in total. The highest BCUT2D eigenvalue weighted by Gasteiger charge is 2.18. The first-order chi connectivity index (χ1) is 13.6. The fraction of sp³-hybridized carbons (Fsp3) is 0. The fourth-order valence-electron chi connectivity index (χ4n) is 3.15. The molecule has 3 heterocycles. The molecule has 5 aromatic rings. The first-order valence-corrected chi connectivity index (χ1v) is 9.14. The van der Waals surface area contributed by atoms with E-state index in [4.69, 9.17) is 0 Å². The smallest absolute Gasteiger partial charge is 0.271 e. The van der Waals surface area contributed by atoms with Crippen LogP contribution < -0.4 is 5.56 Å². The SMILES string of the molecule is O=c1c2c(-c3cccc([N+](=O)[O-])c3)ccnc2[nH]n1-c1nc2ccccc2s1. The van der Waals surface area contributed by atoms with Gasteiger partial charge in [0.15, 0.2) is 5.65 Å². The number of aromatic nitrogens is 4. The lowest BCUT2D eigenvalue weighted by atomic mass is 10.0. The van der Waals surface area contributed by atoms with Crippen molar-refractivity contribution in [2.24, 2.45) is 0 Å². The molecule has 0 spiro atoms. The van der Waals surface area contributed by atoms with Gasteiger partial charge in [0.05, 0.1) is 20.5 Å². The predicted octanol–water partition coefficient (Wildman–Crippen LogP) is 3.90. The van der Waals surface area contributed by atoms with E-state index in [9.17, 15) is 14.9 Å². The van der Waals surface area contributed by atoms with Crippen LogP contribution in [-0.4, -0.2) is 24.7 Å². The van der Waals surface area contributed by atoms with Crippen molar-refractivity contribution < 1.29 is 4.92 Å². The Balaban J connectivity index is 1.74. The van der Waals surface area contributed by atoms with E-state index in [1.54, 1.807) is 24.4 Å². The number of pyridine rings is 1. The molecular formula is C19H11N5O3S. The number of hydrogen-bond acceptors (Lipinski definition) is 6. The van der Waals surface area contributed by atoms with Gasteiger partial charge in [-0.3, -0.25) is 20.0 Å². The van der Waals surface area contributed by atoms with E-state index in [1.807, 2.05) is 24.3 Å². The molecule has 0 saturated heterocycles. The monoisotopic (exact) mass is 389 g/mol. The van der Waals surface area contributed by atoms with Crippen molar-refractivity contribution in [1.82, 2.24) is 19.7 Å². The van der Waals surface area contributed by atoms with Crippen molar-refractivity contribution in [2.45, 2.75) is 0 Å². The number of hydrogen-bond donors (Lipinski definition) is 1. The lowest BCUT2D eigenvalue weighted by Crippen LogP contribution is -2.14. The van der Waals surface area contributed by atoms with Gasteiger partial charge in [-0.2, -0.15) is 4.68 Å². The summed E-state index contributed by atoms with van der Waals surface area (Å²) in [7, 11) is 0. The molecule has 28 heavy (non-hydrogen) atoms. The molecule has 0 fully saturated rings. The number of thiazole rings is 1. The molecule has 1 N–H and O–H groups in total. The molecule has 0 atom stereocenters. The van der Waals surface area contributed by atoms with Crippen LogP contribution in [0, 0.1) is 10.1 Å². The van der Waals surface area contributed by atoms with Gasteiger partial charge < -0.3 is 0 Å². The normalized spacial score (nSPS) is 11.3. The van der Waals surface area contributed by atoms with Crippen molar-refractivity contribution in [3.63, 3.8) is 0 Å². The summed E-state index contributed by atoms with van der Waals surface area (Å²) in [6.45, 7) is 0. The first kappa shape index (κ1) is 16.3. The van der Waals surface area contributed by atoms with E-state index in [0.29, 0.717) is 27.3 Å². The van der Waals surface area contributed by atoms with Crippen molar-refractivity contribution >= 4 is 38.3 Å². The number of H-pyrrole nitrogens is 1. The Morgan fingerprint density at radius 2 is 1.96 bits per heavy atom. The molecule has 0 amide bonds. The summed E-state index contributed by atoms with van der Waals surface area (Å²) in [6, 6.07) is 15.5. The van der Waals surface area contributed by atoms with Gasteiger partial charge in [0.2, 0.25) is 5.13 Å². The quantitative estimate of drug-likeness (QED) is 0.372. The number of rotatable bonds is 3. The number of nitro groups is 1. The second-order valence-corrected chi connectivity index (χ2v) is 7.12. The third-order valence-corrected chi connectivity index (χ3v) is 5.45. The maximum atomic E-state index is 13.1. The number of fused-ring (bicyclic) bond motifs is 2. The summed E-state index contributed by atoms with van der Waals surface area (Å²) in [4.78, 5) is 32.6. The summed E-state index contributed by atoms with van der Waals surface area (Å²) in [5.41, 5.74) is 2.02. The highest BCUT2D eigenvalue weighted by Crippen LogP contribution is 2.29. The molecule has 0 radical (unpaired) electrons. The van der Waals surface area contributed by atoms with E-state index in [-0.39, 0.29) is 11.2 Å². The predicted molar refractivity (Wildman–Crippen MR) is 107 cm³/mol. The Kier molecular flexibility index (Phi) is 3.56. The van der Waals surface area contributed by atoms with Crippen LogP contribution in [0.5, 0.6) is 0 Å². The zero-order valence-corrected chi connectivity index (χ0v) is 15.0. The van der Waals surface area contributed by atoms with Gasteiger partial charge >= 0.3 is 0 Å². The minimum absolute atomic E-state index is 0.0375. The Morgan fingerprint density at radius 1 is 1.11 bits per heavy atom. The second-order valence-electron chi connectivity index (χ2n) is 6.11. The second kappa shape index (κ2) is 6.10. The average Bonchev–Trinajstić information content (AvgIpc) is 3.29. The molecule has 136 valence electrons. The Morgan fingerprint density at radius 3 is 2.79 bits per heavy atom. The summed E-state index contributed by atoms with van der Waals surface area (Å²) in [5, 5.41) is 15.0. The molecule has 3 aromatic heterocycles. The fourth-order valence-corrected chi connectivity index (χ4v) is 4.07. The molecule has 5 rings (SSSR count). The lowest BCUT2D eigenvalue weighted by Gasteiger charge is -2.02. The number of nitrogens with one attached hydrogen (secondary N) is 1. The van der Waals surface area contributed by atoms with E-state index >= 15 is 0 Å². The maximum Gasteiger partial charge on any atom is 0.283 e. The van der Waals surface area contributed by atoms with Crippen LogP contribution in [-0.2, 0) is 0 Å². The van der Waals surface area contributed by atoms with Gasteiger partial charge in [-0.1, -0.05) is 35.6 Å². The van der Waals surface area contributed by atoms with Gasteiger partial charge in [0, 0.05) is 23.9 Å². The van der Waals surface area contributed by atoms with Crippen LogP contribution in [0.1, 0.15) is 0 Å². The Bertz CT molecular complexity index is 1400. The van der Waals surface area contributed by atoms with E-state index < -0.39 is 4.92 Å². The van der Waals surface area contributed by atoms with Crippen molar-refractivity contribution in [1.29, 1.82) is 0 Å². The molecule has 9 heteroatoms. The van der Waals surface area contributed by atoms with Gasteiger partial charge in [-0.25, -0.2) is 9.97 Å². The molecule has 0 aliphatic heterocycles. The summed E-state index contributed by atoms with van der Waals surface area (Å²) in [5.74, 6) is 0. The summed E-state index contributed by atoms with van der Waals surface area (Å²) >= 11 is 1.39. The van der Waals surface area contributed by atoms with Gasteiger partial charge in [-0.15, -0.1) is 0 Å². The van der Waals surface area contributed by atoms with Crippen molar-refractivity contribution in [2.75, 3.05) is 0 Å². The molecule has 2 aromatic carbocycles. The number of nitrogens with zero attached hydrogens (tertiary/aromatic N) is 4. The number of aromatic amines is 1. The van der Waals surface area contributed by atoms with Crippen LogP contribution in [0.15, 0.2) is 65.6 Å². The van der Waals surface area contributed by atoms with Crippen molar-refractivity contribution in [3.05, 3.63) is 81.3 Å². The summed E-state index contributed by atoms with van der Waals surface area (Å²) in [6.07, 6.45) is 1.56. The third kappa shape index (κ3) is 2.48. The van der Waals surface area contributed by atoms with Crippen LogP contribution in [0.4, 0.5) is 5.69 Å². The highest BCUT2D eigenvalue weighted by molar-refractivity contribution is 7.20. The molecular weight excluding hydrogens is 378 g/mol. The molecule has 0 aliphatic rings. The van der Waals surface area contributed by atoms with E-state index in [2.05, 4.69) is 15.1 Å². The number of non-ortho nitro benzene ring substituents is 1. The van der Waals surface area contributed by atoms with Crippen LogP contribution in [0.2, 0.25) is 0 Å². The zero-order chi connectivity index (χ0) is 19.3. The molecule has 0 aliphatic carbocycles. The first-order valence-electron chi connectivity index (χ1n) is 8.32. The van der Waals surface area contributed by atoms with Crippen LogP contribution in [0.25, 0.3) is 37.5 Å².